The molecule has 1 N–H and O–H groups in total. The second-order valence-corrected chi connectivity index (χ2v) is 10.1. The van der Waals surface area contributed by atoms with E-state index in [1.165, 1.54) is 28.8 Å². The van der Waals surface area contributed by atoms with E-state index in [9.17, 15) is 27.6 Å². The van der Waals surface area contributed by atoms with Crippen LogP contribution >= 0.6 is 0 Å². The van der Waals surface area contributed by atoms with Gasteiger partial charge in [-0.15, -0.1) is 0 Å². The third kappa shape index (κ3) is 6.35. The van der Waals surface area contributed by atoms with Crippen LogP contribution in [0.4, 0.5) is 13.2 Å². The number of carbonyl (C=O) groups excluding carboxylic acids is 2. The third-order valence-corrected chi connectivity index (χ3v) is 7.36. The van der Waals surface area contributed by atoms with Gasteiger partial charge in [-0.2, -0.15) is 0 Å². The molecule has 10 nitrogen and oxygen atoms in total. The first-order valence-electron chi connectivity index (χ1n) is 13.6. The molecule has 43 heavy (non-hydrogen) atoms. The number of nitrogens with one attached hydrogen (secondary N) is 1. The molecule has 0 saturated carbocycles. The second kappa shape index (κ2) is 13.0. The number of pyridine rings is 1. The molecule has 13 heteroatoms. The van der Waals surface area contributed by atoms with Crippen molar-refractivity contribution in [2.24, 2.45) is 5.16 Å². The molecule has 1 aromatic heterocycles. The van der Waals surface area contributed by atoms with E-state index in [1.54, 1.807) is 30.3 Å². The van der Waals surface area contributed by atoms with Gasteiger partial charge in [-0.05, 0) is 11.6 Å². The van der Waals surface area contributed by atoms with Crippen LogP contribution in [0.25, 0.3) is 0 Å². The fourth-order valence-corrected chi connectivity index (χ4v) is 5.06. The molecule has 0 fully saturated rings. The maximum Gasteiger partial charge on any atom is 0.274 e. The molecule has 5 rings (SSSR count). The standard InChI is InChI=1S/C30H29F3N4O6/c1-41-25-12-22-15-37(21(13-31)9-10-43-35-25)30(40)26-28(42-17-18-5-3-2-4-6-18)27(38)23(16-36(22)26)29(39)34-14-19-7-8-20(32)11-24(19)33/h2-8,11,16,21-22H,9-10,12-15,17H2,1H3,(H,34,39)/b35-25+/t21-,22+/m1/s1. The zero-order valence-electron chi connectivity index (χ0n) is 23.2. The number of alkyl halides is 1. The molecule has 0 aliphatic carbocycles. The summed E-state index contributed by atoms with van der Waals surface area (Å²) < 4.78 is 54.5. The Balaban J connectivity index is 1.60. The number of halogens is 3. The van der Waals surface area contributed by atoms with Crippen molar-refractivity contribution in [1.29, 1.82) is 0 Å². The van der Waals surface area contributed by atoms with E-state index in [-0.39, 0.29) is 67.6 Å². The highest BCUT2D eigenvalue weighted by atomic mass is 19.1. The van der Waals surface area contributed by atoms with Crippen LogP contribution in [0, 0.1) is 11.6 Å². The SMILES string of the molecule is CO/C1=N/OCC[C@H](CF)N2C[C@H](C1)n1cc(C(=O)NCc3ccc(F)cc3F)c(=O)c(OCc3ccccc3)c1C2=O. The Morgan fingerprint density at radius 2 is 1.95 bits per heavy atom. The third-order valence-electron chi connectivity index (χ3n) is 7.36. The Labute approximate surface area is 244 Å². The summed E-state index contributed by atoms with van der Waals surface area (Å²) in [5, 5.41) is 6.47. The van der Waals surface area contributed by atoms with Crippen molar-refractivity contribution in [1.82, 2.24) is 14.8 Å². The Bertz CT molecular complexity index is 1600. The van der Waals surface area contributed by atoms with Crippen molar-refractivity contribution < 1.29 is 37.1 Å². The molecule has 2 aliphatic rings. The Morgan fingerprint density at radius 3 is 2.67 bits per heavy atom. The number of carbonyl (C=O) groups is 2. The summed E-state index contributed by atoms with van der Waals surface area (Å²) in [4.78, 5) is 47.7. The zero-order chi connectivity index (χ0) is 30.5. The van der Waals surface area contributed by atoms with Crippen LogP contribution in [0.15, 0.2) is 64.7 Å². The first-order valence-corrected chi connectivity index (χ1v) is 13.6. The van der Waals surface area contributed by atoms with Gasteiger partial charge in [0.15, 0.2) is 11.4 Å². The fourth-order valence-electron chi connectivity index (χ4n) is 5.06. The fraction of sp³-hybridized carbons (Fsp3) is 0.333. The molecule has 2 atom stereocenters. The van der Waals surface area contributed by atoms with Crippen LogP contribution in [0.1, 0.15) is 50.9 Å². The minimum atomic E-state index is -0.874. The van der Waals surface area contributed by atoms with E-state index >= 15 is 0 Å². The van der Waals surface area contributed by atoms with E-state index in [0.717, 1.165) is 6.07 Å². The highest BCUT2D eigenvalue weighted by molar-refractivity contribution is 5.99. The van der Waals surface area contributed by atoms with Gasteiger partial charge in [0.25, 0.3) is 11.8 Å². The van der Waals surface area contributed by atoms with Crippen LogP contribution in [0.3, 0.4) is 0 Å². The quantitative estimate of drug-likeness (QED) is 0.444. The highest BCUT2D eigenvalue weighted by Gasteiger charge is 2.40. The lowest BCUT2D eigenvalue weighted by molar-refractivity contribution is 0.0403. The smallest absolute Gasteiger partial charge is 0.274 e. The average Bonchev–Trinajstić information content (AvgIpc) is 3.01. The molecule has 3 heterocycles. The predicted molar refractivity (Wildman–Crippen MR) is 148 cm³/mol. The van der Waals surface area contributed by atoms with E-state index in [2.05, 4.69) is 10.5 Å². The summed E-state index contributed by atoms with van der Waals surface area (Å²) in [5.74, 6) is -3.34. The van der Waals surface area contributed by atoms with Crippen LogP contribution < -0.4 is 15.5 Å². The number of hydrogen-bond acceptors (Lipinski definition) is 7. The topological polar surface area (TPSA) is 111 Å². The molecule has 0 saturated heterocycles. The molecule has 0 spiro atoms. The van der Waals surface area contributed by atoms with E-state index < -0.39 is 47.6 Å². The summed E-state index contributed by atoms with van der Waals surface area (Å²) in [5.41, 5.74) is -0.692. The normalized spacial score (nSPS) is 19.4. The van der Waals surface area contributed by atoms with E-state index in [0.29, 0.717) is 11.6 Å². The van der Waals surface area contributed by atoms with Gasteiger partial charge in [-0.3, -0.25) is 14.4 Å². The van der Waals surface area contributed by atoms with Gasteiger partial charge >= 0.3 is 0 Å². The Kier molecular flexibility index (Phi) is 8.98. The Hall–Kier alpha value is -4.81. The van der Waals surface area contributed by atoms with Gasteiger partial charge in [-0.25, -0.2) is 13.2 Å². The summed E-state index contributed by atoms with van der Waals surface area (Å²) in [7, 11) is 1.40. The molecule has 0 radical (unpaired) electrons. The van der Waals surface area contributed by atoms with Gasteiger partial charge in [0.05, 0.1) is 19.2 Å². The van der Waals surface area contributed by atoms with Crippen LogP contribution in [-0.2, 0) is 22.7 Å². The minimum Gasteiger partial charge on any atom is -0.483 e. The summed E-state index contributed by atoms with van der Waals surface area (Å²) in [6.45, 7) is -1.22. The Morgan fingerprint density at radius 1 is 1.16 bits per heavy atom. The number of benzene rings is 2. The molecule has 3 aromatic rings. The van der Waals surface area contributed by atoms with Crippen LogP contribution in [0.5, 0.6) is 5.75 Å². The summed E-state index contributed by atoms with van der Waals surface area (Å²) in [6, 6.07) is 10.3. The van der Waals surface area contributed by atoms with Crippen molar-refractivity contribution in [2.45, 2.75) is 38.1 Å². The number of methoxy groups -OCH3 is 1. The maximum absolute atomic E-state index is 14.2. The van der Waals surface area contributed by atoms with Crippen molar-refractivity contribution in [2.75, 3.05) is 26.9 Å². The summed E-state index contributed by atoms with van der Waals surface area (Å²) in [6.07, 6.45) is 1.45. The summed E-state index contributed by atoms with van der Waals surface area (Å²) >= 11 is 0. The lowest BCUT2D eigenvalue weighted by Crippen LogP contribution is -2.51. The van der Waals surface area contributed by atoms with Crippen molar-refractivity contribution in [3.8, 4) is 5.75 Å². The second-order valence-electron chi connectivity index (χ2n) is 10.1. The monoisotopic (exact) mass is 598 g/mol. The van der Waals surface area contributed by atoms with Gasteiger partial charge in [0, 0.05) is 43.8 Å². The zero-order valence-corrected chi connectivity index (χ0v) is 23.2. The van der Waals surface area contributed by atoms with Crippen molar-refractivity contribution >= 4 is 17.7 Å². The molecule has 2 aliphatic heterocycles. The first-order chi connectivity index (χ1) is 20.8. The number of hydrogen-bond donors (Lipinski definition) is 1. The number of amides is 2. The number of oxime groups is 1. The van der Waals surface area contributed by atoms with Crippen LogP contribution in [0.2, 0.25) is 0 Å². The first kappa shape index (κ1) is 29.7. The van der Waals surface area contributed by atoms with Crippen LogP contribution in [-0.4, -0.2) is 60.2 Å². The molecule has 0 unspecified atom stereocenters. The predicted octanol–water partition coefficient (Wildman–Crippen LogP) is 3.74. The molecule has 2 bridgehead atoms. The van der Waals surface area contributed by atoms with E-state index in [1.807, 2.05) is 0 Å². The largest absolute Gasteiger partial charge is 0.483 e. The highest BCUT2D eigenvalue weighted by Crippen LogP contribution is 2.32. The van der Waals surface area contributed by atoms with Gasteiger partial charge in [-0.1, -0.05) is 41.6 Å². The minimum absolute atomic E-state index is 0.00438. The lowest BCUT2D eigenvalue weighted by atomic mass is 10.0. The van der Waals surface area contributed by atoms with Crippen molar-refractivity contribution in [3.63, 3.8) is 0 Å². The van der Waals surface area contributed by atoms with Crippen molar-refractivity contribution in [3.05, 3.63) is 99.0 Å². The number of nitrogens with zero attached hydrogens (tertiary/aromatic N) is 3. The molecule has 226 valence electrons. The number of rotatable bonds is 7. The molecule has 2 amide bonds. The molecular weight excluding hydrogens is 569 g/mol. The maximum atomic E-state index is 14.2. The molecule has 2 aromatic carbocycles. The van der Waals surface area contributed by atoms with Gasteiger partial charge < -0.3 is 29.1 Å². The lowest BCUT2D eigenvalue weighted by Gasteiger charge is -2.40. The average molecular weight is 599 g/mol. The number of aromatic nitrogens is 1. The molecular formula is C30H29F3N4O6. The number of fused-ring (bicyclic) bond motifs is 4. The van der Waals surface area contributed by atoms with Gasteiger partial charge in [0.2, 0.25) is 11.3 Å². The van der Waals surface area contributed by atoms with Gasteiger partial charge in [0.1, 0.15) is 37.1 Å². The van der Waals surface area contributed by atoms with E-state index in [4.69, 9.17) is 14.3 Å². The number of ether oxygens (including phenoxy) is 2.